The van der Waals surface area contributed by atoms with E-state index in [1.807, 2.05) is 30.3 Å². The number of ketones is 1. The van der Waals surface area contributed by atoms with Crippen LogP contribution in [0.1, 0.15) is 22.8 Å². The van der Waals surface area contributed by atoms with E-state index in [9.17, 15) is 9.59 Å². The molecular formula is C16H14ClNO3. The highest BCUT2D eigenvalue weighted by atomic mass is 35.5. The molecule has 0 aliphatic carbocycles. The van der Waals surface area contributed by atoms with Gasteiger partial charge in [0, 0.05) is 5.56 Å². The van der Waals surface area contributed by atoms with Crippen LogP contribution in [0.3, 0.4) is 0 Å². The number of benzene rings is 2. The quantitative estimate of drug-likeness (QED) is 0.857. The summed E-state index contributed by atoms with van der Waals surface area (Å²) in [6.45, 7) is 1.61. The second-order valence-electron chi connectivity index (χ2n) is 4.44. The Morgan fingerprint density at radius 3 is 2.52 bits per heavy atom. The summed E-state index contributed by atoms with van der Waals surface area (Å²) in [5.74, 6) is -0.104. The molecule has 0 aromatic heterocycles. The van der Waals surface area contributed by atoms with Crippen LogP contribution in [0.25, 0.3) is 0 Å². The van der Waals surface area contributed by atoms with Crippen LogP contribution < -0.4 is 5.32 Å². The number of Topliss-reactive ketones (excluding diaryl/α,β-unsaturated/α-hetero) is 1. The number of amides is 1. The molecule has 0 spiro atoms. The van der Waals surface area contributed by atoms with Crippen molar-refractivity contribution in [3.63, 3.8) is 0 Å². The number of carbonyl (C=O) groups is 2. The largest absolute Gasteiger partial charge is 0.444 e. The first-order valence-corrected chi connectivity index (χ1v) is 6.72. The second-order valence-corrected chi connectivity index (χ2v) is 4.84. The summed E-state index contributed by atoms with van der Waals surface area (Å²) in [6, 6.07) is 14.0. The van der Waals surface area contributed by atoms with Gasteiger partial charge in [-0.15, -0.1) is 0 Å². The third-order valence-electron chi connectivity index (χ3n) is 2.82. The van der Waals surface area contributed by atoms with Gasteiger partial charge in [-0.2, -0.15) is 0 Å². The van der Waals surface area contributed by atoms with Crippen LogP contribution in [-0.4, -0.2) is 11.9 Å². The maximum atomic E-state index is 11.7. The fourth-order valence-corrected chi connectivity index (χ4v) is 1.87. The van der Waals surface area contributed by atoms with E-state index in [0.29, 0.717) is 16.3 Å². The van der Waals surface area contributed by atoms with Gasteiger partial charge in [0.25, 0.3) is 0 Å². The zero-order valence-corrected chi connectivity index (χ0v) is 12.2. The minimum atomic E-state index is -0.624. The molecule has 0 atom stereocenters. The molecule has 0 aliphatic rings. The van der Waals surface area contributed by atoms with E-state index in [-0.39, 0.29) is 12.4 Å². The molecule has 0 bridgehead atoms. The molecule has 2 rings (SSSR count). The third kappa shape index (κ3) is 4.33. The van der Waals surface area contributed by atoms with E-state index in [1.165, 1.54) is 13.0 Å². The normalized spacial score (nSPS) is 10.0. The number of halogens is 1. The Bertz CT molecular complexity index is 656. The molecule has 0 fully saturated rings. The molecule has 0 heterocycles. The number of anilines is 1. The lowest BCUT2D eigenvalue weighted by Crippen LogP contribution is -2.14. The van der Waals surface area contributed by atoms with Gasteiger partial charge in [0.2, 0.25) is 0 Å². The van der Waals surface area contributed by atoms with Crippen molar-refractivity contribution < 1.29 is 14.3 Å². The van der Waals surface area contributed by atoms with E-state index in [1.54, 1.807) is 12.1 Å². The van der Waals surface area contributed by atoms with Crippen molar-refractivity contribution in [1.82, 2.24) is 0 Å². The van der Waals surface area contributed by atoms with Crippen LogP contribution >= 0.6 is 11.6 Å². The highest BCUT2D eigenvalue weighted by Gasteiger charge is 2.09. The lowest BCUT2D eigenvalue weighted by atomic mass is 10.1. The molecule has 2 aromatic carbocycles. The highest BCUT2D eigenvalue weighted by molar-refractivity contribution is 6.33. The molecule has 1 amide bonds. The number of nitrogens with one attached hydrogen (secondary N) is 1. The van der Waals surface area contributed by atoms with Gasteiger partial charge in [-0.05, 0) is 30.7 Å². The summed E-state index contributed by atoms with van der Waals surface area (Å²) in [5.41, 5.74) is 1.71. The molecule has 5 heteroatoms. The van der Waals surface area contributed by atoms with Crippen molar-refractivity contribution in [2.45, 2.75) is 13.5 Å². The van der Waals surface area contributed by atoms with Gasteiger partial charge in [0.1, 0.15) is 6.61 Å². The van der Waals surface area contributed by atoms with Crippen molar-refractivity contribution in [3.05, 3.63) is 64.7 Å². The van der Waals surface area contributed by atoms with Crippen molar-refractivity contribution in [3.8, 4) is 0 Å². The summed E-state index contributed by atoms with van der Waals surface area (Å²) in [4.78, 5) is 23.1. The summed E-state index contributed by atoms with van der Waals surface area (Å²) in [7, 11) is 0. The Kier molecular flexibility index (Phi) is 4.95. The minimum Gasteiger partial charge on any atom is -0.444 e. The maximum absolute atomic E-state index is 11.7. The molecule has 0 unspecified atom stereocenters. The summed E-state index contributed by atoms with van der Waals surface area (Å²) >= 11 is 5.98. The average molecular weight is 304 g/mol. The maximum Gasteiger partial charge on any atom is 0.412 e. The zero-order chi connectivity index (χ0) is 15.2. The van der Waals surface area contributed by atoms with Gasteiger partial charge < -0.3 is 4.74 Å². The van der Waals surface area contributed by atoms with Gasteiger partial charge in [-0.3, -0.25) is 10.1 Å². The van der Waals surface area contributed by atoms with Gasteiger partial charge in [-0.1, -0.05) is 41.9 Å². The first-order valence-electron chi connectivity index (χ1n) is 6.34. The van der Waals surface area contributed by atoms with Gasteiger partial charge in [0.15, 0.2) is 5.78 Å². The summed E-state index contributed by atoms with van der Waals surface area (Å²) < 4.78 is 5.09. The van der Waals surface area contributed by atoms with Crippen molar-refractivity contribution >= 4 is 29.2 Å². The first-order chi connectivity index (χ1) is 10.1. The second kappa shape index (κ2) is 6.90. The number of hydrogen-bond donors (Lipinski definition) is 1. The van der Waals surface area contributed by atoms with Crippen molar-refractivity contribution in [1.29, 1.82) is 0 Å². The Balaban J connectivity index is 1.99. The van der Waals surface area contributed by atoms with Gasteiger partial charge in [-0.25, -0.2) is 4.79 Å². The highest BCUT2D eigenvalue weighted by Crippen LogP contribution is 2.23. The number of carbonyl (C=O) groups excluding carboxylic acids is 2. The molecule has 0 saturated heterocycles. The Morgan fingerprint density at radius 1 is 1.14 bits per heavy atom. The molecular weight excluding hydrogens is 290 g/mol. The number of hydrogen-bond acceptors (Lipinski definition) is 3. The van der Waals surface area contributed by atoms with E-state index in [4.69, 9.17) is 16.3 Å². The monoisotopic (exact) mass is 303 g/mol. The Labute approximate surface area is 127 Å². The zero-order valence-electron chi connectivity index (χ0n) is 11.4. The predicted molar refractivity (Wildman–Crippen MR) is 81.7 cm³/mol. The summed E-state index contributed by atoms with van der Waals surface area (Å²) in [6.07, 6.45) is -0.624. The lowest BCUT2D eigenvalue weighted by Gasteiger charge is -2.09. The van der Waals surface area contributed by atoms with E-state index in [0.717, 1.165) is 5.56 Å². The van der Waals surface area contributed by atoms with Crippen LogP contribution in [0.5, 0.6) is 0 Å². The van der Waals surface area contributed by atoms with Crippen LogP contribution in [0.15, 0.2) is 48.5 Å². The Hall–Kier alpha value is -2.33. The molecule has 0 aliphatic heterocycles. The van der Waals surface area contributed by atoms with Gasteiger partial charge >= 0.3 is 6.09 Å². The molecule has 21 heavy (non-hydrogen) atoms. The molecule has 2 aromatic rings. The fraction of sp³-hybridized carbons (Fsp3) is 0.125. The van der Waals surface area contributed by atoms with Crippen molar-refractivity contribution in [2.75, 3.05) is 5.32 Å². The number of rotatable bonds is 4. The first kappa shape index (κ1) is 15.1. The SMILES string of the molecule is CC(=O)c1ccc(Cl)c(NC(=O)OCc2ccccc2)c1. The average Bonchev–Trinajstić information content (AvgIpc) is 2.48. The standard InChI is InChI=1S/C16H14ClNO3/c1-11(19)13-7-8-14(17)15(9-13)18-16(20)21-10-12-5-3-2-4-6-12/h2-9H,10H2,1H3,(H,18,20). The van der Waals surface area contributed by atoms with Crippen LogP contribution in [-0.2, 0) is 11.3 Å². The smallest absolute Gasteiger partial charge is 0.412 e. The molecule has 1 N–H and O–H groups in total. The third-order valence-corrected chi connectivity index (χ3v) is 3.15. The van der Waals surface area contributed by atoms with E-state index >= 15 is 0 Å². The topological polar surface area (TPSA) is 55.4 Å². The fourth-order valence-electron chi connectivity index (χ4n) is 1.71. The molecule has 108 valence electrons. The minimum absolute atomic E-state index is 0.104. The van der Waals surface area contributed by atoms with Crippen LogP contribution in [0, 0.1) is 0 Å². The van der Waals surface area contributed by atoms with Gasteiger partial charge in [0.05, 0.1) is 10.7 Å². The number of ether oxygens (including phenoxy) is 1. The van der Waals surface area contributed by atoms with E-state index in [2.05, 4.69) is 5.32 Å². The van der Waals surface area contributed by atoms with E-state index < -0.39 is 6.09 Å². The van der Waals surface area contributed by atoms with Crippen LogP contribution in [0.2, 0.25) is 5.02 Å². The molecule has 4 nitrogen and oxygen atoms in total. The Morgan fingerprint density at radius 2 is 1.86 bits per heavy atom. The lowest BCUT2D eigenvalue weighted by molar-refractivity contribution is 0.101. The predicted octanol–water partition coefficient (Wildman–Crippen LogP) is 4.29. The molecule has 0 saturated carbocycles. The van der Waals surface area contributed by atoms with Crippen LogP contribution in [0.4, 0.5) is 10.5 Å². The van der Waals surface area contributed by atoms with Crippen molar-refractivity contribution in [2.24, 2.45) is 0 Å². The summed E-state index contributed by atoms with van der Waals surface area (Å²) in [5, 5.41) is 2.87. The molecule has 0 radical (unpaired) electrons.